The molecule has 1 atom stereocenters. The van der Waals surface area contributed by atoms with Crippen LogP contribution in [-0.2, 0) is 22.6 Å². The van der Waals surface area contributed by atoms with Crippen LogP contribution in [0.3, 0.4) is 0 Å². The highest BCUT2D eigenvalue weighted by Crippen LogP contribution is 2.42. The summed E-state index contributed by atoms with van der Waals surface area (Å²) in [5.41, 5.74) is 2.91. The summed E-state index contributed by atoms with van der Waals surface area (Å²) < 4.78 is 11.1. The highest BCUT2D eigenvalue weighted by molar-refractivity contribution is 6.46. The van der Waals surface area contributed by atoms with Gasteiger partial charge in [-0.1, -0.05) is 41.9 Å². The number of halogens is 1. The monoisotopic (exact) mass is 489 g/mol. The van der Waals surface area contributed by atoms with Crippen molar-refractivity contribution in [1.29, 1.82) is 0 Å². The Morgan fingerprint density at radius 1 is 1.11 bits per heavy atom. The van der Waals surface area contributed by atoms with Gasteiger partial charge in [-0.25, -0.2) is 0 Å². The minimum atomic E-state index is -0.788. The number of ether oxygens (including phenoxy) is 2. The molecule has 1 unspecified atom stereocenters. The Bertz CT molecular complexity index is 1330. The fourth-order valence-electron chi connectivity index (χ4n) is 4.71. The predicted octanol–water partition coefficient (Wildman–Crippen LogP) is 5.30. The lowest BCUT2D eigenvalue weighted by Gasteiger charge is -2.26. The van der Waals surface area contributed by atoms with E-state index in [4.69, 9.17) is 21.1 Å². The summed E-state index contributed by atoms with van der Waals surface area (Å²) in [5.74, 6) is -0.234. The van der Waals surface area contributed by atoms with Gasteiger partial charge in [-0.15, -0.1) is 0 Å². The lowest BCUT2D eigenvalue weighted by atomic mass is 9.94. The molecule has 3 aromatic rings. The topological polar surface area (TPSA) is 76.1 Å². The molecular weight excluding hydrogens is 466 g/mol. The third kappa shape index (κ3) is 4.26. The summed E-state index contributed by atoms with van der Waals surface area (Å²) in [6, 6.07) is 18.8. The molecule has 1 N–H and O–H groups in total. The number of aliphatic hydroxyl groups excluding tert-OH is 1. The highest BCUT2D eigenvalue weighted by Gasteiger charge is 2.46. The van der Waals surface area contributed by atoms with Gasteiger partial charge in [0, 0.05) is 16.1 Å². The number of carbonyl (C=O) groups excluding carboxylic acids is 2. The number of aliphatic hydroxyl groups is 1. The van der Waals surface area contributed by atoms with Gasteiger partial charge in [-0.3, -0.25) is 9.59 Å². The fraction of sp³-hybridized carbons (Fsp3) is 0.214. The van der Waals surface area contributed by atoms with Gasteiger partial charge in [-0.2, -0.15) is 0 Å². The number of para-hydroxylation sites is 1. The Morgan fingerprint density at radius 2 is 1.89 bits per heavy atom. The van der Waals surface area contributed by atoms with Gasteiger partial charge in [0.05, 0.1) is 31.9 Å². The van der Waals surface area contributed by atoms with Crippen molar-refractivity contribution in [3.63, 3.8) is 0 Å². The first-order valence-corrected chi connectivity index (χ1v) is 11.8. The number of carbonyl (C=O) groups is 2. The number of fused-ring (bicyclic) bond motifs is 1. The number of likely N-dealkylation sites (tertiary alicyclic amines) is 1. The van der Waals surface area contributed by atoms with Crippen LogP contribution in [0.4, 0.5) is 0 Å². The van der Waals surface area contributed by atoms with Crippen LogP contribution in [0.2, 0.25) is 5.02 Å². The maximum absolute atomic E-state index is 13.3. The standard InChI is InChI=1S/C28H24ClNO5/c1-34-22-7-3-2-5-20(22)16-30-25(17-8-11-21(29)12-9-17)24(27(32)28(30)33)26(31)19-10-13-23-18(15-19)6-4-14-35-23/h2-3,5,7-13,15,25,31H,4,6,14,16H2,1H3/b26-24-. The average Bonchev–Trinajstić information content (AvgIpc) is 3.13. The number of methoxy groups -OCH3 is 1. The van der Waals surface area contributed by atoms with E-state index in [1.807, 2.05) is 24.3 Å². The van der Waals surface area contributed by atoms with Crippen molar-refractivity contribution in [1.82, 2.24) is 4.90 Å². The van der Waals surface area contributed by atoms with Crippen LogP contribution in [0, 0.1) is 0 Å². The van der Waals surface area contributed by atoms with E-state index < -0.39 is 17.7 Å². The van der Waals surface area contributed by atoms with Crippen LogP contribution >= 0.6 is 11.6 Å². The second-order valence-electron chi connectivity index (χ2n) is 8.56. The maximum atomic E-state index is 13.3. The van der Waals surface area contributed by atoms with Gasteiger partial charge in [0.15, 0.2) is 0 Å². The van der Waals surface area contributed by atoms with Gasteiger partial charge in [0.2, 0.25) is 0 Å². The van der Waals surface area contributed by atoms with Crippen molar-refractivity contribution in [3.05, 3.63) is 99.6 Å². The second-order valence-corrected chi connectivity index (χ2v) is 9.00. The van der Waals surface area contributed by atoms with Gasteiger partial charge in [0.25, 0.3) is 11.7 Å². The summed E-state index contributed by atoms with van der Waals surface area (Å²) in [6.07, 6.45) is 1.70. The Labute approximate surface area is 208 Å². The molecular formula is C28H24ClNO5. The number of aryl methyl sites for hydroxylation is 1. The average molecular weight is 490 g/mol. The molecule has 1 amide bonds. The number of amides is 1. The smallest absolute Gasteiger partial charge is 0.295 e. The van der Waals surface area contributed by atoms with Crippen molar-refractivity contribution in [2.24, 2.45) is 0 Å². The minimum absolute atomic E-state index is 0.0453. The Balaban J connectivity index is 1.63. The summed E-state index contributed by atoms with van der Waals surface area (Å²) in [5, 5.41) is 11.9. The molecule has 3 aromatic carbocycles. The van der Waals surface area contributed by atoms with E-state index in [0.29, 0.717) is 28.5 Å². The quantitative estimate of drug-likeness (QED) is 0.299. The summed E-state index contributed by atoms with van der Waals surface area (Å²) in [4.78, 5) is 28.1. The molecule has 0 radical (unpaired) electrons. The predicted molar refractivity (Wildman–Crippen MR) is 133 cm³/mol. The molecule has 0 bridgehead atoms. The lowest BCUT2D eigenvalue weighted by Crippen LogP contribution is -2.29. The molecule has 2 heterocycles. The van der Waals surface area contributed by atoms with E-state index >= 15 is 0 Å². The first-order chi connectivity index (χ1) is 17.0. The van der Waals surface area contributed by atoms with Crippen LogP contribution in [-0.4, -0.2) is 35.4 Å². The third-order valence-corrected chi connectivity index (χ3v) is 6.69. The van der Waals surface area contributed by atoms with Crippen LogP contribution in [0.1, 0.15) is 34.7 Å². The van der Waals surface area contributed by atoms with Crippen molar-refractivity contribution >= 4 is 29.1 Å². The molecule has 2 aliphatic rings. The largest absolute Gasteiger partial charge is 0.507 e. The number of ketones is 1. The molecule has 178 valence electrons. The van der Waals surface area contributed by atoms with E-state index in [0.717, 1.165) is 29.7 Å². The highest BCUT2D eigenvalue weighted by atomic mass is 35.5. The maximum Gasteiger partial charge on any atom is 0.295 e. The first-order valence-electron chi connectivity index (χ1n) is 11.4. The molecule has 1 saturated heterocycles. The molecule has 5 rings (SSSR count). The summed E-state index contributed by atoms with van der Waals surface area (Å²) in [6.45, 7) is 0.791. The molecule has 0 aromatic heterocycles. The minimum Gasteiger partial charge on any atom is -0.507 e. The fourth-order valence-corrected chi connectivity index (χ4v) is 4.84. The number of hydrogen-bond acceptors (Lipinski definition) is 5. The Morgan fingerprint density at radius 3 is 2.66 bits per heavy atom. The lowest BCUT2D eigenvalue weighted by molar-refractivity contribution is -0.140. The zero-order chi connectivity index (χ0) is 24.5. The van der Waals surface area contributed by atoms with Crippen molar-refractivity contribution < 1.29 is 24.2 Å². The van der Waals surface area contributed by atoms with Gasteiger partial charge >= 0.3 is 0 Å². The van der Waals surface area contributed by atoms with Gasteiger partial charge in [-0.05, 0) is 60.4 Å². The molecule has 7 heteroatoms. The van der Waals surface area contributed by atoms with Crippen LogP contribution in [0.25, 0.3) is 5.76 Å². The molecule has 6 nitrogen and oxygen atoms in total. The SMILES string of the molecule is COc1ccccc1CN1C(=O)C(=O)/C(=C(\O)c2ccc3c(c2)CCCO3)C1c1ccc(Cl)cc1. The van der Waals surface area contributed by atoms with Crippen molar-refractivity contribution in [3.8, 4) is 11.5 Å². The number of hydrogen-bond donors (Lipinski definition) is 1. The normalized spacial score (nSPS) is 18.8. The number of Topliss-reactive ketones (excluding diaryl/α,β-unsaturated/α-hetero) is 1. The Hall–Kier alpha value is -3.77. The number of benzene rings is 3. The van der Waals surface area contributed by atoms with E-state index in [1.54, 1.807) is 49.6 Å². The van der Waals surface area contributed by atoms with Crippen LogP contribution in [0.15, 0.2) is 72.3 Å². The molecule has 35 heavy (non-hydrogen) atoms. The van der Waals surface area contributed by atoms with Gasteiger partial charge < -0.3 is 19.5 Å². The zero-order valence-corrected chi connectivity index (χ0v) is 19.9. The second kappa shape index (κ2) is 9.47. The van der Waals surface area contributed by atoms with E-state index in [1.165, 1.54) is 4.90 Å². The Kier molecular flexibility index (Phi) is 6.22. The van der Waals surface area contributed by atoms with E-state index in [9.17, 15) is 14.7 Å². The zero-order valence-electron chi connectivity index (χ0n) is 19.2. The molecule has 0 spiro atoms. The third-order valence-electron chi connectivity index (χ3n) is 6.44. The molecule has 2 aliphatic heterocycles. The molecule has 1 fully saturated rings. The van der Waals surface area contributed by atoms with Crippen molar-refractivity contribution in [2.75, 3.05) is 13.7 Å². The summed E-state index contributed by atoms with van der Waals surface area (Å²) >= 11 is 6.11. The van der Waals surface area contributed by atoms with Crippen LogP contribution in [0.5, 0.6) is 11.5 Å². The van der Waals surface area contributed by atoms with Crippen LogP contribution < -0.4 is 9.47 Å². The van der Waals surface area contributed by atoms with Crippen molar-refractivity contribution in [2.45, 2.75) is 25.4 Å². The van der Waals surface area contributed by atoms with E-state index in [-0.39, 0.29) is 17.9 Å². The molecule has 0 saturated carbocycles. The van der Waals surface area contributed by atoms with E-state index in [2.05, 4.69) is 0 Å². The summed E-state index contributed by atoms with van der Waals surface area (Å²) in [7, 11) is 1.56. The molecule has 0 aliphatic carbocycles. The van der Waals surface area contributed by atoms with Gasteiger partial charge in [0.1, 0.15) is 17.3 Å². The first kappa shape index (κ1) is 23.0. The number of rotatable bonds is 5. The number of nitrogens with zero attached hydrogens (tertiary/aromatic N) is 1.